The zero-order valence-electron chi connectivity index (χ0n) is 9.90. The van der Waals surface area contributed by atoms with Gasteiger partial charge in [0.25, 0.3) is 0 Å². The summed E-state index contributed by atoms with van der Waals surface area (Å²) in [6.07, 6.45) is 2.32. The van der Waals surface area contributed by atoms with E-state index in [1.54, 1.807) is 11.3 Å². The first-order chi connectivity index (χ1) is 8.29. The standard InChI is InChI=1S/C13H16N2OS/c1-2-5-12(16)14-9-8-13-15-10-6-3-4-7-11(10)17-13/h3-4,6-7H,2,5,8-9H2,1H3,(H,14,16). The first-order valence-corrected chi connectivity index (χ1v) is 6.72. The average molecular weight is 248 g/mol. The zero-order chi connectivity index (χ0) is 12.1. The van der Waals surface area contributed by atoms with Crippen LogP contribution in [0.15, 0.2) is 24.3 Å². The van der Waals surface area contributed by atoms with Crippen LogP contribution in [-0.4, -0.2) is 17.4 Å². The molecular formula is C13H16N2OS. The molecule has 1 aromatic carbocycles. The summed E-state index contributed by atoms with van der Waals surface area (Å²) in [5, 5.41) is 3.99. The predicted molar refractivity (Wildman–Crippen MR) is 71.2 cm³/mol. The van der Waals surface area contributed by atoms with Crippen molar-refractivity contribution in [1.29, 1.82) is 0 Å². The number of hydrogen-bond acceptors (Lipinski definition) is 3. The number of nitrogens with zero attached hydrogens (tertiary/aromatic N) is 1. The fraction of sp³-hybridized carbons (Fsp3) is 0.385. The summed E-state index contributed by atoms with van der Waals surface area (Å²) in [6, 6.07) is 8.11. The lowest BCUT2D eigenvalue weighted by molar-refractivity contribution is -0.121. The van der Waals surface area contributed by atoms with Crippen molar-refractivity contribution < 1.29 is 4.79 Å². The fourth-order valence-corrected chi connectivity index (χ4v) is 2.62. The number of thiazole rings is 1. The summed E-state index contributed by atoms with van der Waals surface area (Å²) in [4.78, 5) is 15.8. The van der Waals surface area contributed by atoms with Crippen molar-refractivity contribution in [3.63, 3.8) is 0 Å². The second-order valence-electron chi connectivity index (χ2n) is 3.93. The molecule has 0 saturated heterocycles. The summed E-state index contributed by atoms with van der Waals surface area (Å²) in [7, 11) is 0. The van der Waals surface area contributed by atoms with Gasteiger partial charge in [-0.3, -0.25) is 4.79 Å². The molecule has 2 rings (SSSR count). The molecule has 0 unspecified atom stereocenters. The van der Waals surface area contributed by atoms with Crippen molar-refractivity contribution in [3.05, 3.63) is 29.3 Å². The van der Waals surface area contributed by atoms with Crippen LogP contribution < -0.4 is 5.32 Å². The maximum atomic E-state index is 11.3. The van der Waals surface area contributed by atoms with E-state index >= 15 is 0 Å². The highest BCUT2D eigenvalue weighted by atomic mass is 32.1. The number of rotatable bonds is 5. The number of amides is 1. The van der Waals surface area contributed by atoms with E-state index in [-0.39, 0.29) is 5.91 Å². The van der Waals surface area contributed by atoms with E-state index in [2.05, 4.69) is 16.4 Å². The van der Waals surface area contributed by atoms with Crippen LogP contribution in [0.3, 0.4) is 0 Å². The first kappa shape index (κ1) is 12.0. The van der Waals surface area contributed by atoms with Gasteiger partial charge in [-0.25, -0.2) is 4.98 Å². The third kappa shape index (κ3) is 3.27. The van der Waals surface area contributed by atoms with Gasteiger partial charge in [0.15, 0.2) is 0 Å². The lowest BCUT2D eigenvalue weighted by Gasteiger charge is -2.01. The highest BCUT2D eigenvalue weighted by Gasteiger charge is 2.03. The monoisotopic (exact) mass is 248 g/mol. The largest absolute Gasteiger partial charge is 0.356 e. The number of carbonyl (C=O) groups is 1. The normalized spacial score (nSPS) is 10.6. The Hall–Kier alpha value is -1.42. The van der Waals surface area contributed by atoms with Gasteiger partial charge in [-0.1, -0.05) is 19.1 Å². The molecule has 17 heavy (non-hydrogen) atoms. The fourth-order valence-electron chi connectivity index (χ4n) is 1.65. The van der Waals surface area contributed by atoms with Gasteiger partial charge in [-0.15, -0.1) is 11.3 Å². The number of benzene rings is 1. The van der Waals surface area contributed by atoms with Crippen molar-refractivity contribution in [3.8, 4) is 0 Å². The number of carbonyl (C=O) groups excluding carboxylic acids is 1. The molecule has 0 atom stereocenters. The Balaban J connectivity index is 1.89. The lowest BCUT2D eigenvalue weighted by atomic mass is 10.3. The van der Waals surface area contributed by atoms with Gasteiger partial charge < -0.3 is 5.32 Å². The van der Waals surface area contributed by atoms with Gasteiger partial charge in [0.1, 0.15) is 0 Å². The number of nitrogens with one attached hydrogen (secondary N) is 1. The second kappa shape index (κ2) is 5.77. The molecule has 1 heterocycles. The Bertz CT molecular complexity index is 474. The minimum Gasteiger partial charge on any atom is -0.356 e. The van der Waals surface area contributed by atoms with Gasteiger partial charge in [-0.2, -0.15) is 0 Å². The molecular weight excluding hydrogens is 232 g/mol. The van der Waals surface area contributed by atoms with E-state index in [0.717, 1.165) is 23.4 Å². The molecule has 0 fully saturated rings. The van der Waals surface area contributed by atoms with Crippen LogP contribution in [0.25, 0.3) is 10.2 Å². The molecule has 1 N–H and O–H groups in total. The Morgan fingerprint density at radius 1 is 1.41 bits per heavy atom. The summed E-state index contributed by atoms with van der Waals surface area (Å²) >= 11 is 1.70. The molecule has 0 radical (unpaired) electrons. The quantitative estimate of drug-likeness (QED) is 0.884. The van der Waals surface area contributed by atoms with E-state index in [4.69, 9.17) is 0 Å². The minimum absolute atomic E-state index is 0.133. The molecule has 3 nitrogen and oxygen atoms in total. The van der Waals surface area contributed by atoms with E-state index in [1.807, 2.05) is 25.1 Å². The number of para-hydroxylation sites is 1. The van der Waals surface area contributed by atoms with Crippen LogP contribution in [0.2, 0.25) is 0 Å². The zero-order valence-corrected chi connectivity index (χ0v) is 10.7. The highest BCUT2D eigenvalue weighted by molar-refractivity contribution is 7.18. The molecule has 90 valence electrons. The van der Waals surface area contributed by atoms with Gasteiger partial charge in [0.05, 0.1) is 15.2 Å². The Morgan fingerprint density at radius 3 is 3.00 bits per heavy atom. The first-order valence-electron chi connectivity index (χ1n) is 5.90. The molecule has 0 spiro atoms. The average Bonchev–Trinajstić information content (AvgIpc) is 2.71. The third-order valence-corrected chi connectivity index (χ3v) is 3.57. The smallest absolute Gasteiger partial charge is 0.219 e. The van der Waals surface area contributed by atoms with Crippen molar-refractivity contribution in [2.45, 2.75) is 26.2 Å². The highest BCUT2D eigenvalue weighted by Crippen LogP contribution is 2.21. The van der Waals surface area contributed by atoms with Crippen molar-refractivity contribution in [1.82, 2.24) is 10.3 Å². The maximum Gasteiger partial charge on any atom is 0.219 e. The van der Waals surface area contributed by atoms with Crippen LogP contribution in [0.1, 0.15) is 24.8 Å². The number of hydrogen-bond donors (Lipinski definition) is 1. The summed E-state index contributed by atoms with van der Waals surface area (Å²) in [5.41, 5.74) is 1.05. The van der Waals surface area contributed by atoms with Crippen LogP contribution in [0.4, 0.5) is 0 Å². The third-order valence-electron chi connectivity index (χ3n) is 2.48. The Labute approximate surface area is 105 Å². The second-order valence-corrected chi connectivity index (χ2v) is 5.04. The van der Waals surface area contributed by atoms with Crippen LogP contribution in [0.5, 0.6) is 0 Å². The summed E-state index contributed by atoms with van der Waals surface area (Å²) < 4.78 is 1.21. The summed E-state index contributed by atoms with van der Waals surface area (Å²) in [5.74, 6) is 0.133. The minimum atomic E-state index is 0.133. The molecule has 0 saturated carbocycles. The molecule has 0 aliphatic heterocycles. The maximum absolute atomic E-state index is 11.3. The van der Waals surface area contributed by atoms with Crippen LogP contribution >= 0.6 is 11.3 Å². The molecule has 0 aliphatic rings. The van der Waals surface area contributed by atoms with Gasteiger partial charge >= 0.3 is 0 Å². The number of aromatic nitrogens is 1. The van der Waals surface area contributed by atoms with E-state index in [9.17, 15) is 4.79 Å². The van der Waals surface area contributed by atoms with Gasteiger partial charge in [-0.05, 0) is 18.6 Å². The van der Waals surface area contributed by atoms with Crippen molar-refractivity contribution in [2.75, 3.05) is 6.54 Å². The number of fused-ring (bicyclic) bond motifs is 1. The molecule has 4 heteroatoms. The molecule has 0 bridgehead atoms. The van der Waals surface area contributed by atoms with Gasteiger partial charge in [0.2, 0.25) is 5.91 Å². The predicted octanol–water partition coefficient (Wildman–Crippen LogP) is 2.76. The molecule has 1 aromatic heterocycles. The molecule has 0 aliphatic carbocycles. The topological polar surface area (TPSA) is 42.0 Å². The van der Waals surface area contributed by atoms with Crippen molar-refractivity contribution in [2.24, 2.45) is 0 Å². The van der Waals surface area contributed by atoms with E-state index in [0.29, 0.717) is 13.0 Å². The lowest BCUT2D eigenvalue weighted by Crippen LogP contribution is -2.25. The van der Waals surface area contributed by atoms with Crippen molar-refractivity contribution >= 4 is 27.5 Å². The molecule has 2 aromatic rings. The molecule has 1 amide bonds. The van der Waals surface area contributed by atoms with Crippen LogP contribution in [0, 0.1) is 0 Å². The Morgan fingerprint density at radius 2 is 2.24 bits per heavy atom. The SMILES string of the molecule is CCCC(=O)NCCc1nc2ccccc2s1. The van der Waals surface area contributed by atoms with E-state index < -0.39 is 0 Å². The Kier molecular flexibility index (Phi) is 4.09. The van der Waals surface area contributed by atoms with Gasteiger partial charge in [0, 0.05) is 19.4 Å². The summed E-state index contributed by atoms with van der Waals surface area (Å²) in [6.45, 7) is 2.69. The van der Waals surface area contributed by atoms with Crippen LogP contribution in [-0.2, 0) is 11.2 Å². The van der Waals surface area contributed by atoms with E-state index in [1.165, 1.54) is 4.70 Å².